The van der Waals surface area contributed by atoms with Crippen molar-refractivity contribution >= 4 is 0 Å². The fourth-order valence-electron chi connectivity index (χ4n) is 3.63. The molecular formula is C16H23FN2O. The zero-order chi connectivity index (χ0) is 14.1. The fraction of sp³-hybridized carbons (Fsp3) is 0.625. The van der Waals surface area contributed by atoms with Crippen molar-refractivity contribution in [3.63, 3.8) is 0 Å². The summed E-state index contributed by atoms with van der Waals surface area (Å²) in [6.07, 6.45) is 3.99. The van der Waals surface area contributed by atoms with E-state index >= 15 is 0 Å². The molecule has 2 aliphatic rings. The average Bonchev–Trinajstić information content (AvgIpc) is 2.95. The maximum Gasteiger partial charge on any atom is 0.123 e. The Hall–Kier alpha value is -0.970. The number of rotatable bonds is 3. The third-order valence-corrected chi connectivity index (χ3v) is 4.82. The monoisotopic (exact) mass is 278 g/mol. The molecule has 3 nitrogen and oxygen atoms in total. The van der Waals surface area contributed by atoms with E-state index in [0.717, 1.165) is 18.7 Å². The first-order chi connectivity index (χ1) is 9.66. The summed E-state index contributed by atoms with van der Waals surface area (Å²) in [5.74, 6) is -0.212. The van der Waals surface area contributed by atoms with Gasteiger partial charge in [0.05, 0.1) is 12.7 Å². The number of nitrogens with zero attached hydrogens (tertiary/aromatic N) is 1. The predicted molar refractivity (Wildman–Crippen MR) is 76.9 cm³/mol. The van der Waals surface area contributed by atoms with Gasteiger partial charge in [0.15, 0.2) is 0 Å². The number of ether oxygens (including phenoxy) is 1. The Labute approximate surface area is 119 Å². The molecule has 0 spiro atoms. The van der Waals surface area contributed by atoms with E-state index in [4.69, 9.17) is 10.5 Å². The fourth-order valence-corrected chi connectivity index (χ4v) is 3.63. The van der Waals surface area contributed by atoms with Gasteiger partial charge in [-0.1, -0.05) is 12.1 Å². The molecule has 4 unspecified atom stereocenters. The van der Waals surface area contributed by atoms with Crippen molar-refractivity contribution in [2.75, 3.05) is 13.2 Å². The molecular weight excluding hydrogens is 255 g/mol. The number of halogens is 1. The average molecular weight is 278 g/mol. The van der Waals surface area contributed by atoms with Gasteiger partial charge in [-0.3, -0.25) is 4.90 Å². The van der Waals surface area contributed by atoms with Crippen LogP contribution in [0.15, 0.2) is 24.3 Å². The van der Waals surface area contributed by atoms with E-state index in [9.17, 15) is 4.39 Å². The van der Waals surface area contributed by atoms with Crippen molar-refractivity contribution in [1.29, 1.82) is 0 Å². The highest BCUT2D eigenvalue weighted by molar-refractivity contribution is 5.21. The largest absolute Gasteiger partial charge is 0.375 e. The van der Waals surface area contributed by atoms with Gasteiger partial charge < -0.3 is 10.5 Å². The molecule has 0 radical (unpaired) electrons. The Bertz CT molecular complexity index is 450. The van der Waals surface area contributed by atoms with Crippen LogP contribution in [-0.4, -0.2) is 36.2 Å². The third-order valence-electron chi connectivity index (χ3n) is 4.82. The number of nitrogens with two attached hydrogens (primary N) is 1. The lowest BCUT2D eigenvalue weighted by Crippen LogP contribution is -2.54. The summed E-state index contributed by atoms with van der Waals surface area (Å²) in [5, 5.41) is 0. The Morgan fingerprint density at radius 2 is 2.05 bits per heavy atom. The van der Waals surface area contributed by atoms with Gasteiger partial charge >= 0.3 is 0 Å². The van der Waals surface area contributed by atoms with Crippen LogP contribution in [0.25, 0.3) is 0 Å². The first-order valence-corrected chi connectivity index (χ1v) is 7.55. The lowest BCUT2D eigenvalue weighted by Gasteiger charge is -2.43. The van der Waals surface area contributed by atoms with Crippen LogP contribution in [0.3, 0.4) is 0 Å². The highest BCUT2D eigenvalue weighted by Gasteiger charge is 2.39. The summed E-state index contributed by atoms with van der Waals surface area (Å²) in [4.78, 5) is 2.50. The number of hydrogen-bond acceptors (Lipinski definition) is 3. The Balaban J connectivity index is 1.73. The van der Waals surface area contributed by atoms with E-state index < -0.39 is 0 Å². The molecule has 110 valence electrons. The van der Waals surface area contributed by atoms with Crippen LogP contribution in [0.2, 0.25) is 0 Å². The minimum atomic E-state index is -0.212. The number of benzene rings is 1. The lowest BCUT2D eigenvalue weighted by molar-refractivity contribution is -0.0725. The SMILES string of the molecule is CC(C(N)c1ccc(F)cc1)N1CCOC2CCCC21. The molecule has 4 heteroatoms. The highest BCUT2D eigenvalue weighted by Crippen LogP contribution is 2.33. The molecule has 0 bridgehead atoms. The van der Waals surface area contributed by atoms with Gasteiger partial charge in [0, 0.05) is 24.7 Å². The maximum absolute atomic E-state index is 13.0. The summed E-state index contributed by atoms with van der Waals surface area (Å²) in [6, 6.07) is 7.22. The molecule has 1 aromatic carbocycles. The molecule has 1 aliphatic carbocycles. The summed E-state index contributed by atoms with van der Waals surface area (Å²) < 4.78 is 18.9. The van der Waals surface area contributed by atoms with Crippen LogP contribution >= 0.6 is 0 Å². The van der Waals surface area contributed by atoms with Gasteiger partial charge in [-0.25, -0.2) is 4.39 Å². The number of morpholine rings is 1. The zero-order valence-corrected chi connectivity index (χ0v) is 12.0. The summed E-state index contributed by atoms with van der Waals surface area (Å²) in [6.45, 7) is 3.91. The third kappa shape index (κ3) is 2.60. The normalized spacial score (nSPS) is 29.9. The van der Waals surface area contributed by atoms with Crippen molar-refractivity contribution in [2.45, 2.75) is 50.4 Å². The van der Waals surface area contributed by atoms with Crippen molar-refractivity contribution in [3.8, 4) is 0 Å². The standard InChI is InChI=1S/C16H23FN2O/c1-11(16(18)12-5-7-13(17)8-6-12)19-9-10-20-15-4-2-3-14(15)19/h5-8,11,14-16H,2-4,9-10,18H2,1H3. The molecule has 0 amide bonds. The van der Waals surface area contributed by atoms with Crippen LogP contribution in [-0.2, 0) is 4.74 Å². The van der Waals surface area contributed by atoms with Crippen molar-refractivity contribution < 1.29 is 9.13 Å². The van der Waals surface area contributed by atoms with E-state index in [1.807, 2.05) is 0 Å². The van der Waals surface area contributed by atoms with Gasteiger partial charge in [0.2, 0.25) is 0 Å². The summed E-state index contributed by atoms with van der Waals surface area (Å²) in [5.41, 5.74) is 7.40. The van der Waals surface area contributed by atoms with Crippen molar-refractivity contribution in [2.24, 2.45) is 5.73 Å². The molecule has 1 saturated heterocycles. The van der Waals surface area contributed by atoms with Gasteiger partial charge in [-0.15, -0.1) is 0 Å². The van der Waals surface area contributed by atoms with Gasteiger partial charge in [-0.05, 0) is 43.9 Å². The second-order valence-corrected chi connectivity index (χ2v) is 5.96. The van der Waals surface area contributed by atoms with Crippen LogP contribution in [0.4, 0.5) is 4.39 Å². The topological polar surface area (TPSA) is 38.5 Å². The second-order valence-electron chi connectivity index (χ2n) is 5.96. The molecule has 3 rings (SSSR count). The summed E-state index contributed by atoms with van der Waals surface area (Å²) >= 11 is 0. The van der Waals surface area contributed by atoms with Crippen LogP contribution < -0.4 is 5.73 Å². The zero-order valence-electron chi connectivity index (χ0n) is 12.0. The first kappa shape index (κ1) is 14.0. The maximum atomic E-state index is 13.0. The predicted octanol–water partition coefficient (Wildman–Crippen LogP) is 2.47. The van der Waals surface area contributed by atoms with E-state index in [1.165, 1.54) is 31.4 Å². The lowest BCUT2D eigenvalue weighted by atomic mass is 9.97. The molecule has 0 aromatic heterocycles. The van der Waals surface area contributed by atoms with Gasteiger partial charge in [0.25, 0.3) is 0 Å². The van der Waals surface area contributed by atoms with Crippen molar-refractivity contribution in [1.82, 2.24) is 4.90 Å². The van der Waals surface area contributed by atoms with Crippen LogP contribution in [0.1, 0.15) is 37.8 Å². The van der Waals surface area contributed by atoms with Crippen LogP contribution in [0, 0.1) is 5.82 Å². The summed E-state index contributed by atoms with van der Waals surface area (Å²) in [7, 11) is 0. The minimum absolute atomic E-state index is 0.0880. The molecule has 2 N–H and O–H groups in total. The molecule has 20 heavy (non-hydrogen) atoms. The molecule has 4 atom stereocenters. The first-order valence-electron chi connectivity index (χ1n) is 7.55. The Morgan fingerprint density at radius 3 is 2.80 bits per heavy atom. The second kappa shape index (κ2) is 5.80. The molecule has 2 fully saturated rings. The van der Waals surface area contributed by atoms with Crippen molar-refractivity contribution in [3.05, 3.63) is 35.6 Å². The Morgan fingerprint density at radius 1 is 1.30 bits per heavy atom. The van der Waals surface area contributed by atoms with Gasteiger partial charge in [-0.2, -0.15) is 0 Å². The van der Waals surface area contributed by atoms with E-state index in [2.05, 4.69) is 11.8 Å². The minimum Gasteiger partial charge on any atom is -0.375 e. The molecule has 1 aliphatic heterocycles. The quantitative estimate of drug-likeness (QED) is 0.923. The van der Waals surface area contributed by atoms with E-state index in [0.29, 0.717) is 12.1 Å². The smallest absolute Gasteiger partial charge is 0.123 e. The van der Waals surface area contributed by atoms with Crippen LogP contribution in [0.5, 0.6) is 0 Å². The molecule has 1 saturated carbocycles. The van der Waals surface area contributed by atoms with E-state index in [1.54, 1.807) is 12.1 Å². The highest BCUT2D eigenvalue weighted by atomic mass is 19.1. The van der Waals surface area contributed by atoms with Gasteiger partial charge in [0.1, 0.15) is 5.82 Å². The molecule has 1 aromatic rings. The number of fused-ring (bicyclic) bond motifs is 1. The molecule has 1 heterocycles. The Kier molecular flexibility index (Phi) is 4.06. The number of hydrogen-bond donors (Lipinski definition) is 1. The van der Waals surface area contributed by atoms with E-state index in [-0.39, 0.29) is 17.9 Å².